The predicted molar refractivity (Wildman–Crippen MR) is 83.8 cm³/mol. The number of carbonyl (C=O) groups is 2. The zero-order chi connectivity index (χ0) is 15.6. The lowest BCUT2D eigenvalue weighted by molar-refractivity contribution is -0.160. The molecule has 1 saturated carbocycles. The van der Waals surface area contributed by atoms with Crippen LogP contribution in [0.15, 0.2) is 0 Å². The van der Waals surface area contributed by atoms with Gasteiger partial charge in [0, 0.05) is 6.04 Å². The van der Waals surface area contributed by atoms with Crippen LogP contribution in [-0.2, 0) is 9.59 Å². The van der Waals surface area contributed by atoms with Gasteiger partial charge in [0.2, 0.25) is 11.8 Å². The van der Waals surface area contributed by atoms with Crippen LogP contribution in [0.25, 0.3) is 0 Å². The van der Waals surface area contributed by atoms with Gasteiger partial charge in [0.25, 0.3) is 0 Å². The first-order chi connectivity index (χ1) is 10.0. The van der Waals surface area contributed by atoms with E-state index in [4.69, 9.17) is 0 Å². The summed E-state index contributed by atoms with van der Waals surface area (Å²) in [5.41, 5.74) is -0.681. The molecule has 1 N–H and O–H groups in total. The first-order valence-electron chi connectivity index (χ1n) is 8.65. The van der Waals surface area contributed by atoms with Gasteiger partial charge in [-0.2, -0.15) is 0 Å². The monoisotopic (exact) mass is 294 g/mol. The Kier molecular flexibility index (Phi) is 4.95. The van der Waals surface area contributed by atoms with Gasteiger partial charge in [-0.25, -0.2) is 0 Å². The fraction of sp³-hybridized carbons (Fsp3) is 0.882. The Morgan fingerprint density at radius 1 is 1.14 bits per heavy atom. The smallest absolute Gasteiger partial charge is 0.249 e. The Morgan fingerprint density at radius 2 is 1.76 bits per heavy atom. The first-order valence-corrected chi connectivity index (χ1v) is 8.65. The average Bonchev–Trinajstić information content (AvgIpc) is 2.52. The third-order valence-corrected chi connectivity index (χ3v) is 5.76. The molecule has 0 aromatic rings. The molecule has 0 bridgehead atoms. The van der Waals surface area contributed by atoms with Crippen molar-refractivity contribution in [3.63, 3.8) is 0 Å². The molecule has 2 aliphatic rings. The molecule has 21 heavy (non-hydrogen) atoms. The largest absolute Gasteiger partial charge is 0.340 e. The molecule has 3 atom stereocenters. The van der Waals surface area contributed by atoms with E-state index in [9.17, 15) is 9.59 Å². The zero-order valence-corrected chi connectivity index (χ0v) is 13.9. The van der Waals surface area contributed by atoms with Crippen LogP contribution in [-0.4, -0.2) is 34.3 Å². The van der Waals surface area contributed by atoms with Gasteiger partial charge in [-0.3, -0.25) is 9.59 Å². The highest BCUT2D eigenvalue weighted by molar-refractivity contribution is 5.99. The van der Waals surface area contributed by atoms with Crippen molar-refractivity contribution in [3.05, 3.63) is 0 Å². The summed E-state index contributed by atoms with van der Waals surface area (Å²) in [6, 6.07) is -0.0874. The van der Waals surface area contributed by atoms with Crippen molar-refractivity contribution in [2.24, 2.45) is 5.92 Å². The Hall–Kier alpha value is -1.06. The number of piperazine rings is 1. The van der Waals surface area contributed by atoms with Gasteiger partial charge >= 0.3 is 0 Å². The molecule has 0 aromatic heterocycles. The number of hydrogen-bond donors (Lipinski definition) is 1. The Balaban J connectivity index is 2.34. The van der Waals surface area contributed by atoms with Crippen molar-refractivity contribution in [1.82, 2.24) is 10.2 Å². The topological polar surface area (TPSA) is 49.4 Å². The minimum absolute atomic E-state index is 0.0127. The summed E-state index contributed by atoms with van der Waals surface area (Å²) >= 11 is 0. The van der Waals surface area contributed by atoms with Crippen LogP contribution in [0.2, 0.25) is 0 Å². The summed E-state index contributed by atoms with van der Waals surface area (Å²) in [7, 11) is 0. The van der Waals surface area contributed by atoms with E-state index in [1.807, 2.05) is 25.7 Å². The second-order valence-corrected chi connectivity index (χ2v) is 6.69. The van der Waals surface area contributed by atoms with Crippen LogP contribution in [0.1, 0.15) is 72.6 Å². The van der Waals surface area contributed by atoms with Crippen molar-refractivity contribution in [1.29, 1.82) is 0 Å². The fourth-order valence-corrected chi connectivity index (χ4v) is 4.14. The number of nitrogens with zero attached hydrogens (tertiary/aromatic N) is 1. The minimum atomic E-state index is -0.681. The van der Waals surface area contributed by atoms with Crippen molar-refractivity contribution in [2.45, 2.75) is 90.3 Å². The molecular formula is C17H30N2O2. The van der Waals surface area contributed by atoms with Crippen molar-refractivity contribution in [3.8, 4) is 0 Å². The van der Waals surface area contributed by atoms with Crippen molar-refractivity contribution in [2.75, 3.05) is 0 Å². The standard InChI is InChI=1S/C17H30N2O2/c1-5-13-10-8-9-11-14(13)19-12(4)15(20)18-17(6-2,7-3)16(19)21/h12-14H,5-11H2,1-4H3,(H,18,20). The maximum atomic E-state index is 13.1. The summed E-state index contributed by atoms with van der Waals surface area (Å²) < 4.78 is 0. The SMILES string of the molecule is CCC1CCCCC1N1C(=O)C(CC)(CC)NC(=O)C1C. The Morgan fingerprint density at radius 3 is 2.33 bits per heavy atom. The maximum Gasteiger partial charge on any atom is 0.249 e. The minimum Gasteiger partial charge on any atom is -0.340 e. The molecule has 1 aliphatic heterocycles. The number of hydrogen-bond acceptors (Lipinski definition) is 2. The molecule has 4 heteroatoms. The highest BCUT2D eigenvalue weighted by Gasteiger charge is 2.50. The molecular weight excluding hydrogens is 264 g/mol. The van der Waals surface area contributed by atoms with Gasteiger partial charge in [0.1, 0.15) is 11.6 Å². The molecule has 0 aromatic carbocycles. The van der Waals surface area contributed by atoms with E-state index in [0.717, 1.165) is 12.8 Å². The van der Waals surface area contributed by atoms with E-state index in [0.29, 0.717) is 18.8 Å². The van der Waals surface area contributed by atoms with E-state index in [-0.39, 0.29) is 23.9 Å². The molecule has 4 nitrogen and oxygen atoms in total. The summed E-state index contributed by atoms with van der Waals surface area (Å²) in [6.45, 7) is 8.07. The fourth-order valence-electron chi connectivity index (χ4n) is 4.14. The van der Waals surface area contributed by atoms with Gasteiger partial charge in [-0.1, -0.05) is 40.0 Å². The molecule has 120 valence electrons. The van der Waals surface area contributed by atoms with Crippen molar-refractivity contribution < 1.29 is 9.59 Å². The second-order valence-electron chi connectivity index (χ2n) is 6.69. The highest BCUT2D eigenvalue weighted by Crippen LogP contribution is 2.35. The predicted octanol–water partition coefficient (Wildman–Crippen LogP) is 2.86. The molecule has 1 aliphatic carbocycles. The molecule has 2 fully saturated rings. The van der Waals surface area contributed by atoms with Crippen LogP contribution >= 0.6 is 0 Å². The molecule has 3 unspecified atom stereocenters. The van der Waals surface area contributed by atoms with Crippen LogP contribution in [0.5, 0.6) is 0 Å². The molecule has 2 rings (SSSR count). The molecule has 1 saturated heterocycles. The maximum absolute atomic E-state index is 13.1. The summed E-state index contributed by atoms with van der Waals surface area (Å²) in [4.78, 5) is 27.5. The molecule has 0 radical (unpaired) electrons. The lowest BCUT2D eigenvalue weighted by Crippen LogP contribution is -2.71. The first kappa shape index (κ1) is 16.3. The van der Waals surface area contributed by atoms with Crippen molar-refractivity contribution >= 4 is 11.8 Å². The number of nitrogens with one attached hydrogen (secondary N) is 1. The summed E-state index contributed by atoms with van der Waals surface area (Å²) in [5, 5.41) is 3.00. The molecule has 1 heterocycles. The van der Waals surface area contributed by atoms with Crippen LogP contribution in [0.3, 0.4) is 0 Å². The van der Waals surface area contributed by atoms with Crippen LogP contribution in [0.4, 0.5) is 0 Å². The van der Waals surface area contributed by atoms with Gasteiger partial charge in [-0.15, -0.1) is 0 Å². The lowest BCUT2D eigenvalue weighted by atomic mass is 9.78. The van der Waals surface area contributed by atoms with Gasteiger partial charge in [-0.05, 0) is 38.5 Å². The highest BCUT2D eigenvalue weighted by atomic mass is 16.2. The van der Waals surface area contributed by atoms with E-state index in [1.165, 1.54) is 19.3 Å². The van der Waals surface area contributed by atoms with Gasteiger partial charge in [0.15, 0.2) is 0 Å². The molecule has 0 spiro atoms. The molecule has 2 amide bonds. The summed E-state index contributed by atoms with van der Waals surface area (Å²) in [6.07, 6.45) is 7.08. The average molecular weight is 294 g/mol. The van der Waals surface area contributed by atoms with E-state index < -0.39 is 5.54 Å². The zero-order valence-electron chi connectivity index (χ0n) is 13.9. The summed E-state index contributed by atoms with van der Waals surface area (Å²) in [5.74, 6) is 0.700. The number of carbonyl (C=O) groups excluding carboxylic acids is 2. The normalized spacial score (nSPS) is 33.0. The Bertz CT molecular complexity index is 404. The quantitative estimate of drug-likeness (QED) is 0.866. The third kappa shape index (κ3) is 2.69. The van der Waals surface area contributed by atoms with E-state index in [1.54, 1.807) is 0 Å². The Labute approximate surface area is 128 Å². The number of amides is 2. The van der Waals surface area contributed by atoms with Crippen LogP contribution in [0, 0.1) is 5.92 Å². The van der Waals surface area contributed by atoms with E-state index in [2.05, 4.69) is 12.2 Å². The number of rotatable bonds is 4. The lowest BCUT2D eigenvalue weighted by Gasteiger charge is -2.50. The third-order valence-electron chi connectivity index (χ3n) is 5.76. The van der Waals surface area contributed by atoms with Gasteiger partial charge < -0.3 is 10.2 Å². The van der Waals surface area contributed by atoms with E-state index >= 15 is 0 Å². The van der Waals surface area contributed by atoms with Crippen LogP contribution < -0.4 is 5.32 Å². The van der Waals surface area contributed by atoms with Gasteiger partial charge in [0.05, 0.1) is 0 Å². The second kappa shape index (κ2) is 6.37.